The molecule has 37 heavy (non-hydrogen) atoms. The molecule has 1 heterocycles. The molecule has 1 N–H and O–H groups in total. The van der Waals surface area contributed by atoms with Gasteiger partial charge >= 0.3 is 6.18 Å². The van der Waals surface area contributed by atoms with Crippen molar-refractivity contribution in [3.8, 4) is 17.2 Å². The maximum atomic E-state index is 14.3. The summed E-state index contributed by atoms with van der Waals surface area (Å²) < 4.78 is 69.0. The second-order valence-corrected chi connectivity index (χ2v) is 7.95. The minimum absolute atomic E-state index is 0.0737. The second-order valence-electron chi connectivity index (χ2n) is 7.95. The van der Waals surface area contributed by atoms with Crippen molar-refractivity contribution in [3.05, 3.63) is 123 Å². The van der Waals surface area contributed by atoms with E-state index in [0.29, 0.717) is 16.7 Å². The SMILES string of the molecule is N#Cc1c(C(F)(F)F)cc(NC(=O)c2ccc(-c3ccccc3)cc2)n(Cc2ccc(F)cc2F)c1=O. The Labute approximate surface area is 207 Å². The molecule has 0 atom stereocenters. The first-order chi connectivity index (χ1) is 17.6. The number of aromatic nitrogens is 1. The number of carbonyl (C=O) groups excluding carboxylic acids is 1. The van der Waals surface area contributed by atoms with Gasteiger partial charge in [-0.15, -0.1) is 0 Å². The quantitative estimate of drug-likeness (QED) is 0.336. The first-order valence-corrected chi connectivity index (χ1v) is 10.7. The van der Waals surface area contributed by atoms with Gasteiger partial charge in [0.15, 0.2) is 0 Å². The van der Waals surface area contributed by atoms with Crippen molar-refractivity contribution in [2.45, 2.75) is 12.7 Å². The fourth-order valence-corrected chi connectivity index (χ4v) is 3.69. The largest absolute Gasteiger partial charge is 0.418 e. The summed E-state index contributed by atoms with van der Waals surface area (Å²) in [4.78, 5) is 25.8. The van der Waals surface area contributed by atoms with Gasteiger partial charge < -0.3 is 5.32 Å². The number of nitrogens with zero attached hydrogens (tertiary/aromatic N) is 2. The number of pyridine rings is 1. The molecule has 0 fully saturated rings. The summed E-state index contributed by atoms with van der Waals surface area (Å²) in [5.41, 5.74) is -2.66. The van der Waals surface area contributed by atoms with Crippen LogP contribution in [0.15, 0.2) is 83.7 Å². The zero-order chi connectivity index (χ0) is 26.7. The average Bonchev–Trinajstić information content (AvgIpc) is 2.87. The second kappa shape index (κ2) is 10.1. The van der Waals surface area contributed by atoms with E-state index >= 15 is 0 Å². The van der Waals surface area contributed by atoms with E-state index in [2.05, 4.69) is 5.32 Å². The first-order valence-electron chi connectivity index (χ1n) is 10.7. The smallest absolute Gasteiger partial charge is 0.308 e. The number of amides is 1. The van der Waals surface area contributed by atoms with Crippen molar-refractivity contribution in [2.75, 3.05) is 5.32 Å². The van der Waals surface area contributed by atoms with Crippen molar-refractivity contribution >= 4 is 11.7 Å². The molecule has 0 aliphatic heterocycles. The molecule has 1 amide bonds. The summed E-state index contributed by atoms with van der Waals surface area (Å²) in [6, 6.07) is 19.6. The Morgan fingerprint density at radius 1 is 0.919 bits per heavy atom. The fraction of sp³-hybridized carbons (Fsp3) is 0.0741. The van der Waals surface area contributed by atoms with Crippen LogP contribution in [0.3, 0.4) is 0 Å². The Morgan fingerprint density at radius 3 is 2.16 bits per heavy atom. The van der Waals surface area contributed by atoms with Crippen LogP contribution in [-0.2, 0) is 12.7 Å². The predicted octanol–water partition coefficient (Wildman–Crippen LogP) is 5.98. The van der Waals surface area contributed by atoms with Crippen LogP contribution in [0.1, 0.15) is 27.0 Å². The molecular formula is C27H16F5N3O2. The summed E-state index contributed by atoms with van der Waals surface area (Å²) in [5, 5.41) is 11.5. The first kappa shape index (κ1) is 25.3. The molecule has 3 aromatic carbocycles. The number of alkyl halides is 3. The van der Waals surface area contributed by atoms with E-state index in [1.54, 1.807) is 12.1 Å². The molecule has 186 valence electrons. The van der Waals surface area contributed by atoms with E-state index in [4.69, 9.17) is 0 Å². The Bertz CT molecular complexity index is 1570. The number of rotatable bonds is 5. The van der Waals surface area contributed by atoms with Crippen molar-refractivity contribution in [2.24, 2.45) is 0 Å². The number of nitrogens with one attached hydrogen (secondary N) is 1. The molecule has 0 saturated heterocycles. The summed E-state index contributed by atoms with van der Waals surface area (Å²) in [6.45, 7) is -0.666. The molecule has 0 aliphatic carbocycles. The van der Waals surface area contributed by atoms with E-state index in [0.717, 1.165) is 23.3 Å². The third-order valence-electron chi connectivity index (χ3n) is 5.56. The molecule has 0 unspecified atom stereocenters. The van der Waals surface area contributed by atoms with Gasteiger partial charge in [0.1, 0.15) is 29.1 Å². The molecule has 0 spiro atoms. The van der Waals surface area contributed by atoms with Crippen LogP contribution >= 0.6 is 0 Å². The Hall–Kier alpha value is -4.78. The number of halogens is 5. The van der Waals surface area contributed by atoms with Crippen molar-refractivity contribution in [1.29, 1.82) is 5.26 Å². The standard InChI is InChI=1S/C27H16F5N3O2/c28-20-11-10-19(23(29)12-20)15-35-24(13-22(27(30,31)32)21(14-33)26(35)37)34-25(36)18-8-6-17(7-9-18)16-4-2-1-3-5-16/h1-13H,15H2,(H,34,36). The summed E-state index contributed by atoms with van der Waals surface area (Å²) in [7, 11) is 0. The normalized spacial score (nSPS) is 11.1. The lowest BCUT2D eigenvalue weighted by molar-refractivity contribution is -0.137. The number of carbonyl (C=O) groups is 1. The molecule has 0 bridgehead atoms. The van der Waals surface area contributed by atoms with Gasteiger partial charge in [-0.05, 0) is 35.4 Å². The van der Waals surface area contributed by atoms with Crippen LogP contribution in [0.2, 0.25) is 0 Å². The molecule has 1 aromatic heterocycles. The molecule has 0 saturated carbocycles. The zero-order valence-corrected chi connectivity index (χ0v) is 18.8. The van der Waals surface area contributed by atoms with Crippen LogP contribution in [-0.4, -0.2) is 10.5 Å². The maximum absolute atomic E-state index is 14.3. The van der Waals surface area contributed by atoms with Gasteiger partial charge in [0.05, 0.1) is 12.1 Å². The van der Waals surface area contributed by atoms with Gasteiger partial charge in [0.25, 0.3) is 11.5 Å². The third-order valence-corrected chi connectivity index (χ3v) is 5.56. The van der Waals surface area contributed by atoms with E-state index in [1.807, 2.05) is 30.3 Å². The molecule has 0 aliphatic rings. The van der Waals surface area contributed by atoms with Crippen LogP contribution in [0.5, 0.6) is 0 Å². The van der Waals surface area contributed by atoms with Gasteiger partial charge in [-0.3, -0.25) is 14.2 Å². The number of anilines is 1. The van der Waals surface area contributed by atoms with Gasteiger partial charge in [-0.1, -0.05) is 48.5 Å². The van der Waals surface area contributed by atoms with Crippen molar-refractivity contribution < 1.29 is 26.7 Å². The highest BCUT2D eigenvalue weighted by Crippen LogP contribution is 2.32. The van der Waals surface area contributed by atoms with Crippen LogP contribution < -0.4 is 10.9 Å². The van der Waals surface area contributed by atoms with E-state index < -0.39 is 52.8 Å². The van der Waals surface area contributed by atoms with E-state index in [-0.39, 0.29) is 11.1 Å². The molecule has 0 radical (unpaired) electrons. The summed E-state index contributed by atoms with van der Waals surface area (Å²) in [5.74, 6) is -3.41. The Balaban J connectivity index is 1.76. The Morgan fingerprint density at radius 2 is 1.57 bits per heavy atom. The van der Waals surface area contributed by atoms with E-state index in [1.165, 1.54) is 18.2 Å². The highest BCUT2D eigenvalue weighted by molar-refractivity contribution is 6.04. The van der Waals surface area contributed by atoms with E-state index in [9.17, 15) is 36.8 Å². The molecule has 4 rings (SSSR count). The van der Waals surface area contributed by atoms with Crippen molar-refractivity contribution in [3.63, 3.8) is 0 Å². The van der Waals surface area contributed by atoms with Crippen molar-refractivity contribution in [1.82, 2.24) is 4.57 Å². The number of nitriles is 1. The van der Waals surface area contributed by atoms with Crippen LogP contribution in [0.4, 0.5) is 27.8 Å². The fourth-order valence-electron chi connectivity index (χ4n) is 3.69. The number of hydrogen-bond donors (Lipinski definition) is 1. The lowest BCUT2D eigenvalue weighted by atomic mass is 10.0. The van der Waals surface area contributed by atoms with Crippen LogP contribution in [0.25, 0.3) is 11.1 Å². The monoisotopic (exact) mass is 509 g/mol. The summed E-state index contributed by atoms with van der Waals surface area (Å²) >= 11 is 0. The van der Waals surface area contributed by atoms with Gasteiger partial charge in [-0.25, -0.2) is 8.78 Å². The topological polar surface area (TPSA) is 74.9 Å². The van der Waals surface area contributed by atoms with Gasteiger partial charge in [0.2, 0.25) is 0 Å². The minimum Gasteiger partial charge on any atom is -0.308 e. The zero-order valence-electron chi connectivity index (χ0n) is 18.8. The lowest BCUT2D eigenvalue weighted by Gasteiger charge is -2.18. The van der Waals surface area contributed by atoms with Gasteiger partial charge in [0, 0.05) is 17.2 Å². The molecule has 5 nitrogen and oxygen atoms in total. The highest BCUT2D eigenvalue weighted by atomic mass is 19.4. The van der Waals surface area contributed by atoms with Gasteiger partial charge in [-0.2, -0.15) is 18.4 Å². The number of hydrogen-bond acceptors (Lipinski definition) is 3. The molecular weight excluding hydrogens is 493 g/mol. The molecule has 10 heteroatoms. The predicted molar refractivity (Wildman–Crippen MR) is 126 cm³/mol. The highest BCUT2D eigenvalue weighted by Gasteiger charge is 2.36. The molecule has 4 aromatic rings. The lowest BCUT2D eigenvalue weighted by Crippen LogP contribution is -2.31. The number of benzene rings is 3. The summed E-state index contributed by atoms with van der Waals surface area (Å²) in [6.07, 6.45) is -5.08. The van der Waals surface area contributed by atoms with Crippen LogP contribution in [0, 0.1) is 23.0 Å². The maximum Gasteiger partial charge on any atom is 0.418 e. The average molecular weight is 509 g/mol. The minimum atomic E-state index is -5.08. The Kier molecular flexibility index (Phi) is 6.89. The third kappa shape index (κ3) is 5.41.